The number of hydrogen-bond acceptors (Lipinski definition) is 2. The van der Waals surface area contributed by atoms with Crippen molar-refractivity contribution in [1.29, 1.82) is 0 Å². The summed E-state index contributed by atoms with van der Waals surface area (Å²) in [6.45, 7) is 5.22. The molecule has 0 amide bonds. The molecule has 1 nitrogen and oxygen atoms in total. The molecule has 0 aliphatic carbocycles. The summed E-state index contributed by atoms with van der Waals surface area (Å²) in [6.07, 6.45) is 1.07. The van der Waals surface area contributed by atoms with Gasteiger partial charge in [-0.25, -0.2) is 0 Å². The molecule has 0 aliphatic heterocycles. The fourth-order valence-electron chi connectivity index (χ4n) is 2.04. The van der Waals surface area contributed by atoms with Gasteiger partial charge in [-0.2, -0.15) is 0 Å². The Balaban J connectivity index is 2.33. The van der Waals surface area contributed by atoms with Gasteiger partial charge in [-0.3, -0.25) is 0 Å². The maximum absolute atomic E-state index is 6.15. The maximum atomic E-state index is 6.15. The maximum Gasteiger partial charge on any atom is 0.107 e. The van der Waals surface area contributed by atoms with Gasteiger partial charge in [0.05, 0.1) is 6.04 Å². The standard InChI is InChI=1S/C15H17BrClNS/c1-3-10-5-7-11(8-6-10)14(18-4-2)13-9-12(16)15(17)19-13/h5-9,14,18H,3-4H2,1-2H3. The Morgan fingerprint density at radius 3 is 2.42 bits per heavy atom. The first-order valence-corrected chi connectivity index (χ1v) is 8.41. The van der Waals surface area contributed by atoms with Gasteiger partial charge in [0.25, 0.3) is 0 Å². The second-order valence-corrected chi connectivity index (χ2v) is 6.90. The quantitative estimate of drug-likeness (QED) is 0.752. The number of hydrogen-bond donors (Lipinski definition) is 1. The van der Waals surface area contributed by atoms with Crippen LogP contribution in [0, 0.1) is 0 Å². The van der Waals surface area contributed by atoms with Gasteiger partial charge in [-0.1, -0.05) is 49.7 Å². The van der Waals surface area contributed by atoms with E-state index < -0.39 is 0 Å². The Morgan fingerprint density at radius 1 is 1.26 bits per heavy atom. The largest absolute Gasteiger partial charge is 0.306 e. The predicted molar refractivity (Wildman–Crippen MR) is 88.4 cm³/mol. The minimum absolute atomic E-state index is 0.213. The smallest absolute Gasteiger partial charge is 0.107 e. The minimum Gasteiger partial charge on any atom is -0.306 e. The van der Waals surface area contributed by atoms with Gasteiger partial charge in [-0.15, -0.1) is 11.3 Å². The summed E-state index contributed by atoms with van der Waals surface area (Å²) < 4.78 is 1.78. The average Bonchev–Trinajstić information content (AvgIpc) is 2.76. The van der Waals surface area contributed by atoms with Crippen LogP contribution >= 0.6 is 38.9 Å². The van der Waals surface area contributed by atoms with Crippen LogP contribution in [0.25, 0.3) is 0 Å². The van der Waals surface area contributed by atoms with Crippen molar-refractivity contribution in [1.82, 2.24) is 5.32 Å². The van der Waals surface area contributed by atoms with Crippen LogP contribution in [0.1, 0.15) is 35.9 Å². The average molecular weight is 359 g/mol. The highest BCUT2D eigenvalue weighted by molar-refractivity contribution is 9.10. The molecule has 0 radical (unpaired) electrons. The van der Waals surface area contributed by atoms with Crippen molar-refractivity contribution in [2.75, 3.05) is 6.54 Å². The Labute approximate surface area is 132 Å². The molecule has 1 aromatic heterocycles. The van der Waals surface area contributed by atoms with Crippen LogP contribution in [0.15, 0.2) is 34.8 Å². The van der Waals surface area contributed by atoms with Gasteiger partial charge in [0, 0.05) is 9.35 Å². The lowest BCUT2D eigenvalue weighted by Crippen LogP contribution is -2.21. The molecule has 2 rings (SSSR count). The van der Waals surface area contributed by atoms with Crippen LogP contribution in [0.4, 0.5) is 0 Å². The molecule has 102 valence electrons. The van der Waals surface area contributed by atoms with Crippen LogP contribution in [0.2, 0.25) is 4.34 Å². The Bertz CT molecular complexity index is 516. The van der Waals surface area contributed by atoms with E-state index in [-0.39, 0.29) is 6.04 Å². The van der Waals surface area contributed by atoms with Crippen molar-refractivity contribution in [3.8, 4) is 0 Å². The van der Waals surface area contributed by atoms with Crippen LogP contribution in [0.5, 0.6) is 0 Å². The zero-order valence-electron chi connectivity index (χ0n) is 11.0. The van der Waals surface area contributed by atoms with E-state index in [4.69, 9.17) is 11.6 Å². The zero-order valence-corrected chi connectivity index (χ0v) is 14.2. The molecule has 0 saturated heterocycles. The molecule has 2 aromatic rings. The molecule has 4 heteroatoms. The van der Waals surface area contributed by atoms with E-state index >= 15 is 0 Å². The molecular weight excluding hydrogens is 342 g/mol. The Hall–Kier alpha value is -0.350. The van der Waals surface area contributed by atoms with Crippen molar-refractivity contribution >= 4 is 38.9 Å². The van der Waals surface area contributed by atoms with Gasteiger partial charge in [0.2, 0.25) is 0 Å². The minimum atomic E-state index is 0.213. The Morgan fingerprint density at radius 2 is 1.95 bits per heavy atom. The van der Waals surface area contributed by atoms with Gasteiger partial charge in [-0.05, 0) is 46.1 Å². The number of halogens is 2. The number of aryl methyl sites for hydroxylation is 1. The van der Waals surface area contributed by atoms with Crippen LogP contribution < -0.4 is 5.32 Å². The van der Waals surface area contributed by atoms with Crippen molar-refractivity contribution in [3.63, 3.8) is 0 Å². The monoisotopic (exact) mass is 357 g/mol. The predicted octanol–water partition coefficient (Wildman–Crippen LogP) is 5.43. The third-order valence-electron chi connectivity index (χ3n) is 3.08. The van der Waals surface area contributed by atoms with Gasteiger partial charge < -0.3 is 5.32 Å². The lowest BCUT2D eigenvalue weighted by molar-refractivity contribution is 0.639. The van der Waals surface area contributed by atoms with E-state index in [1.165, 1.54) is 16.0 Å². The Kier molecular flexibility index (Phi) is 5.46. The second kappa shape index (κ2) is 6.89. The number of thiophene rings is 1. The second-order valence-electron chi connectivity index (χ2n) is 4.36. The summed E-state index contributed by atoms with van der Waals surface area (Å²) in [4.78, 5) is 1.24. The molecule has 19 heavy (non-hydrogen) atoms. The highest BCUT2D eigenvalue weighted by Gasteiger charge is 2.17. The van der Waals surface area contributed by atoms with Crippen molar-refractivity contribution < 1.29 is 0 Å². The summed E-state index contributed by atoms with van der Waals surface area (Å²) in [7, 11) is 0. The number of benzene rings is 1. The van der Waals surface area contributed by atoms with Crippen LogP contribution in [0.3, 0.4) is 0 Å². The zero-order chi connectivity index (χ0) is 13.8. The first-order chi connectivity index (χ1) is 9.15. The molecule has 1 N–H and O–H groups in total. The molecule has 0 spiro atoms. The molecule has 0 saturated carbocycles. The van der Waals surface area contributed by atoms with E-state index in [9.17, 15) is 0 Å². The van der Waals surface area contributed by atoms with E-state index in [1.54, 1.807) is 11.3 Å². The SMILES string of the molecule is CCNC(c1ccc(CC)cc1)c1cc(Br)c(Cl)s1. The molecule has 1 heterocycles. The van der Waals surface area contributed by atoms with E-state index in [0.29, 0.717) is 0 Å². The fraction of sp³-hybridized carbons (Fsp3) is 0.333. The fourth-order valence-corrected chi connectivity index (χ4v) is 3.88. The summed E-state index contributed by atoms with van der Waals surface area (Å²) in [5.74, 6) is 0. The summed E-state index contributed by atoms with van der Waals surface area (Å²) >= 11 is 11.3. The normalized spacial score (nSPS) is 12.6. The van der Waals surface area contributed by atoms with E-state index in [1.807, 2.05) is 0 Å². The lowest BCUT2D eigenvalue weighted by atomic mass is 10.0. The molecule has 1 atom stereocenters. The first kappa shape index (κ1) is 15.0. The van der Waals surface area contributed by atoms with Crippen molar-refractivity contribution in [2.24, 2.45) is 0 Å². The van der Waals surface area contributed by atoms with Crippen molar-refractivity contribution in [2.45, 2.75) is 26.3 Å². The highest BCUT2D eigenvalue weighted by Crippen LogP contribution is 2.37. The molecule has 1 aromatic carbocycles. The number of nitrogens with one attached hydrogen (secondary N) is 1. The first-order valence-electron chi connectivity index (χ1n) is 6.42. The van der Waals surface area contributed by atoms with Crippen LogP contribution in [-0.2, 0) is 6.42 Å². The van der Waals surface area contributed by atoms with Gasteiger partial charge in [0.15, 0.2) is 0 Å². The molecule has 0 fully saturated rings. The van der Waals surface area contributed by atoms with Crippen molar-refractivity contribution in [3.05, 3.63) is 55.1 Å². The van der Waals surface area contributed by atoms with Gasteiger partial charge >= 0.3 is 0 Å². The molecule has 0 aliphatic rings. The van der Waals surface area contributed by atoms with E-state index in [2.05, 4.69) is 65.4 Å². The van der Waals surface area contributed by atoms with Gasteiger partial charge in [0.1, 0.15) is 4.34 Å². The molecule has 0 bridgehead atoms. The van der Waals surface area contributed by atoms with E-state index in [0.717, 1.165) is 21.8 Å². The highest BCUT2D eigenvalue weighted by atomic mass is 79.9. The van der Waals surface area contributed by atoms with Crippen LogP contribution in [-0.4, -0.2) is 6.54 Å². The summed E-state index contributed by atoms with van der Waals surface area (Å²) in [5.41, 5.74) is 2.65. The third-order valence-corrected chi connectivity index (χ3v) is 5.62. The molecular formula is C15H17BrClNS. The summed E-state index contributed by atoms with van der Waals surface area (Å²) in [6, 6.07) is 11.1. The summed E-state index contributed by atoms with van der Waals surface area (Å²) in [5, 5.41) is 3.52. The lowest BCUT2D eigenvalue weighted by Gasteiger charge is -2.17. The topological polar surface area (TPSA) is 12.0 Å². The molecule has 1 unspecified atom stereocenters. The third kappa shape index (κ3) is 3.60. The number of rotatable bonds is 5.